The van der Waals surface area contributed by atoms with Crippen LogP contribution >= 0.6 is 0 Å². The number of sulfonamides is 1. The van der Waals surface area contributed by atoms with Gasteiger partial charge in [-0.15, -0.1) is 0 Å². The minimum atomic E-state index is -3.64. The molecule has 6 nitrogen and oxygen atoms in total. The Labute approximate surface area is 187 Å². The van der Waals surface area contributed by atoms with E-state index in [9.17, 15) is 13.2 Å². The van der Waals surface area contributed by atoms with Crippen molar-refractivity contribution >= 4 is 15.9 Å². The van der Waals surface area contributed by atoms with E-state index in [1.807, 2.05) is 4.90 Å². The summed E-state index contributed by atoms with van der Waals surface area (Å²) >= 11 is 0. The summed E-state index contributed by atoms with van der Waals surface area (Å²) in [6, 6.07) is 6.78. The number of piperidine rings is 1. The van der Waals surface area contributed by atoms with E-state index in [4.69, 9.17) is 0 Å². The van der Waals surface area contributed by atoms with E-state index in [0.29, 0.717) is 31.7 Å². The largest absolute Gasteiger partial charge is 0.337 e. The third kappa shape index (κ3) is 5.49. The van der Waals surface area contributed by atoms with Crippen LogP contribution in [0.25, 0.3) is 0 Å². The summed E-state index contributed by atoms with van der Waals surface area (Å²) in [5.41, 5.74) is 0.328. The molecule has 1 aromatic carbocycles. The van der Waals surface area contributed by atoms with Crippen LogP contribution in [-0.2, 0) is 10.0 Å². The van der Waals surface area contributed by atoms with Gasteiger partial charge in [0.05, 0.1) is 10.5 Å². The van der Waals surface area contributed by atoms with E-state index in [1.54, 1.807) is 28.6 Å². The molecule has 0 aromatic heterocycles. The van der Waals surface area contributed by atoms with E-state index < -0.39 is 10.0 Å². The molecule has 0 unspecified atom stereocenters. The molecule has 0 spiro atoms. The van der Waals surface area contributed by atoms with Gasteiger partial charge in [0.2, 0.25) is 10.0 Å². The van der Waals surface area contributed by atoms with Gasteiger partial charge in [0.25, 0.3) is 5.91 Å². The van der Waals surface area contributed by atoms with E-state index in [0.717, 1.165) is 51.2 Å². The molecule has 0 atom stereocenters. The van der Waals surface area contributed by atoms with Crippen LogP contribution in [0.3, 0.4) is 0 Å². The molecule has 0 radical (unpaired) electrons. The third-order valence-corrected chi connectivity index (χ3v) is 9.12. The van der Waals surface area contributed by atoms with Gasteiger partial charge in [-0.1, -0.05) is 37.8 Å². The van der Waals surface area contributed by atoms with Crippen LogP contribution in [0.1, 0.15) is 68.1 Å². The highest BCUT2D eigenvalue weighted by atomic mass is 32.2. The summed E-state index contributed by atoms with van der Waals surface area (Å²) in [5.74, 6) is 0.655. The van der Waals surface area contributed by atoms with Gasteiger partial charge in [-0.05, 0) is 56.7 Å². The molecule has 1 amide bonds. The Balaban J connectivity index is 1.44. The van der Waals surface area contributed by atoms with Gasteiger partial charge >= 0.3 is 0 Å². The van der Waals surface area contributed by atoms with Gasteiger partial charge in [0.1, 0.15) is 0 Å². The van der Waals surface area contributed by atoms with Gasteiger partial charge < -0.3 is 9.80 Å². The molecule has 0 bridgehead atoms. The van der Waals surface area contributed by atoms with E-state index in [2.05, 4.69) is 4.90 Å². The number of amides is 1. The first-order valence-electron chi connectivity index (χ1n) is 12.2. The maximum atomic E-state index is 13.4. The smallest absolute Gasteiger partial charge is 0.255 e. The van der Waals surface area contributed by atoms with E-state index >= 15 is 0 Å². The second kappa shape index (κ2) is 10.5. The van der Waals surface area contributed by atoms with Crippen LogP contribution in [0.5, 0.6) is 0 Å². The number of carbonyl (C=O) groups is 1. The number of nitrogens with zero attached hydrogens (tertiary/aromatic N) is 3. The minimum Gasteiger partial charge on any atom is -0.337 e. The third-order valence-electron chi connectivity index (χ3n) is 7.17. The van der Waals surface area contributed by atoms with Gasteiger partial charge in [0.15, 0.2) is 0 Å². The van der Waals surface area contributed by atoms with Gasteiger partial charge in [-0.3, -0.25) is 4.79 Å². The van der Waals surface area contributed by atoms with Crippen LogP contribution in [0.4, 0.5) is 0 Å². The van der Waals surface area contributed by atoms with Crippen molar-refractivity contribution in [1.29, 1.82) is 0 Å². The van der Waals surface area contributed by atoms with Gasteiger partial charge in [-0.2, -0.15) is 4.31 Å². The van der Waals surface area contributed by atoms with Crippen molar-refractivity contribution in [1.82, 2.24) is 14.1 Å². The molecule has 2 saturated heterocycles. The molecule has 4 rings (SSSR count). The van der Waals surface area contributed by atoms with Gasteiger partial charge in [-0.25, -0.2) is 8.42 Å². The van der Waals surface area contributed by atoms with Crippen LogP contribution in [-0.4, -0.2) is 74.2 Å². The van der Waals surface area contributed by atoms with Gasteiger partial charge in [0, 0.05) is 39.3 Å². The lowest BCUT2D eigenvalue weighted by atomic mass is 9.89. The lowest BCUT2D eigenvalue weighted by Crippen LogP contribution is -2.39. The fourth-order valence-electron chi connectivity index (χ4n) is 5.37. The maximum Gasteiger partial charge on any atom is 0.255 e. The second-order valence-electron chi connectivity index (χ2n) is 9.41. The Morgan fingerprint density at radius 3 is 2.29 bits per heavy atom. The molecule has 1 aromatic rings. The molecule has 172 valence electrons. The van der Waals surface area contributed by atoms with Crippen molar-refractivity contribution in [2.75, 3.05) is 45.8 Å². The topological polar surface area (TPSA) is 60.9 Å². The Bertz CT molecular complexity index is 845. The molecule has 3 aliphatic rings. The second-order valence-corrected chi connectivity index (χ2v) is 11.3. The number of benzene rings is 1. The fourth-order valence-corrected chi connectivity index (χ4v) is 7.08. The average molecular weight is 448 g/mol. The lowest BCUT2D eigenvalue weighted by Gasteiger charge is -2.29. The van der Waals surface area contributed by atoms with Crippen molar-refractivity contribution in [3.8, 4) is 0 Å². The maximum absolute atomic E-state index is 13.4. The Hall–Kier alpha value is -1.44. The molecular formula is C24H37N3O3S. The van der Waals surface area contributed by atoms with Crippen molar-refractivity contribution in [3.05, 3.63) is 29.8 Å². The molecule has 2 heterocycles. The fraction of sp³-hybridized carbons (Fsp3) is 0.708. The highest BCUT2D eigenvalue weighted by Crippen LogP contribution is 2.26. The number of hydrogen-bond donors (Lipinski definition) is 0. The molecule has 1 aliphatic carbocycles. The zero-order chi connectivity index (χ0) is 21.7. The monoisotopic (exact) mass is 447 g/mol. The van der Waals surface area contributed by atoms with E-state index in [-0.39, 0.29) is 10.8 Å². The summed E-state index contributed by atoms with van der Waals surface area (Å²) < 4.78 is 28.1. The predicted molar refractivity (Wildman–Crippen MR) is 123 cm³/mol. The van der Waals surface area contributed by atoms with Crippen molar-refractivity contribution in [2.24, 2.45) is 5.92 Å². The summed E-state index contributed by atoms with van der Waals surface area (Å²) in [5, 5.41) is 0. The molecule has 0 N–H and O–H groups in total. The lowest BCUT2D eigenvalue weighted by molar-refractivity contribution is 0.0756. The number of rotatable bonds is 5. The Morgan fingerprint density at radius 1 is 0.806 bits per heavy atom. The summed E-state index contributed by atoms with van der Waals surface area (Å²) in [6.45, 7) is 5.50. The first-order chi connectivity index (χ1) is 15.1. The molecule has 3 fully saturated rings. The summed E-state index contributed by atoms with van der Waals surface area (Å²) in [6.07, 6.45) is 10.5. The van der Waals surface area contributed by atoms with E-state index in [1.165, 1.54) is 32.1 Å². The highest BCUT2D eigenvalue weighted by Gasteiger charge is 2.31. The molecular weight excluding hydrogens is 410 g/mol. The first kappa shape index (κ1) is 22.7. The minimum absolute atomic E-state index is 0.143. The first-order valence-corrected chi connectivity index (χ1v) is 13.6. The molecule has 2 aliphatic heterocycles. The van der Waals surface area contributed by atoms with Crippen LogP contribution in [0.15, 0.2) is 29.2 Å². The average Bonchev–Trinajstić information content (AvgIpc) is 3.05. The quantitative estimate of drug-likeness (QED) is 0.692. The molecule has 7 heteroatoms. The van der Waals surface area contributed by atoms with Crippen molar-refractivity contribution in [2.45, 2.75) is 62.7 Å². The van der Waals surface area contributed by atoms with Crippen LogP contribution in [0, 0.1) is 5.92 Å². The molecule has 1 saturated carbocycles. The normalized spacial score (nSPS) is 22.9. The zero-order valence-corrected chi connectivity index (χ0v) is 19.5. The summed E-state index contributed by atoms with van der Waals surface area (Å²) in [7, 11) is -3.64. The Morgan fingerprint density at radius 2 is 1.52 bits per heavy atom. The van der Waals surface area contributed by atoms with Crippen LogP contribution in [0.2, 0.25) is 0 Å². The Kier molecular flexibility index (Phi) is 7.67. The van der Waals surface area contributed by atoms with Crippen molar-refractivity contribution in [3.63, 3.8) is 0 Å². The molecule has 31 heavy (non-hydrogen) atoms. The standard InChI is InChI=1S/C24H37N3O3S/c28-24(26-15-9-14-25(18-19-26)20-21-10-3-1-4-11-21)22-12-5-6-13-23(22)31(29,30)27-16-7-2-8-17-27/h5-6,12-13,21H,1-4,7-11,14-20H2. The zero-order valence-electron chi connectivity index (χ0n) is 18.7. The SMILES string of the molecule is O=C(c1ccccc1S(=O)(=O)N1CCCCC1)N1CCCN(CC2CCCCC2)CC1. The van der Waals surface area contributed by atoms with Crippen molar-refractivity contribution < 1.29 is 13.2 Å². The number of hydrogen-bond acceptors (Lipinski definition) is 4. The highest BCUT2D eigenvalue weighted by molar-refractivity contribution is 7.89. The van der Waals surface area contributed by atoms with Crippen LogP contribution < -0.4 is 0 Å². The predicted octanol–water partition coefficient (Wildman–Crippen LogP) is 3.59. The number of carbonyl (C=O) groups excluding carboxylic acids is 1. The summed E-state index contributed by atoms with van der Waals surface area (Å²) in [4.78, 5) is 18.0.